The topological polar surface area (TPSA) is 87.6 Å². The lowest BCUT2D eigenvalue weighted by Crippen LogP contribution is -2.30. The van der Waals surface area contributed by atoms with Crippen LogP contribution in [0, 0.1) is 12.3 Å². The summed E-state index contributed by atoms with van der Waals surface area (Å²) in [6.07, 6.45) is -5.64. The highest BCUT2D eigenvalue weighted by Gasteiger charge is 2.35. The summed E-state index contributed by atoms with van der Waals surface area (Å²) in [7, 11) is 0. The quantitative estimate of drug-likeness (QED) is 0.0666. The van der Waals surface area contributed by atoms with Gasteiger partial charge in [-0.25, -0.2) is 4.79 Å². The van der Waals surface area contributed by atoms with Gasteiger partial charge in [-0.1, -0.05) is 48.5 Å². The van der Waals surface area contributed by atoms with Gasteiger partial charge >= 0.3 is 18.3 Å². The lowest BCUT2D eigenvalue weighted by Gasteiger charge is -2.29. The van der Waals surface area contributed by atoms with Crippen molar-refractivity contribution < 1.29 is 36.2 Å². The van der Waals surface area contributed by atoms with Crippen LogP contribution in [0.3, 0.4) is 0 Å². The van der Waals surface area contributed by atoms with Gasteiger partial charge in [-0.05, 0) is 103 Å². The minimum atomic E-state index is -4.33. The molecule has 0 aliphatic carbocycles. The van der Waals surface area contributed by atoms with Gasteiger partial charge in [0, 0.05) is 29.3 Å². The van der Waals surface area contributed by atoms with Crippen LogP contribution in [-0.2, 0) is 34.9 Å². The number of halogens is 5. The molecular formula is C36H34F5N2O3. The summed E-state index contributed by atoms with van der Waals surface area (Å²) in [5.74, 6) is -0.744. The average molecular weight is 638 g/mol. The molecule has 0 aromatic heterocycles. The monoisotopic (exact) mass is 637 g/mol. The van der Waals surface area contributed by atoms with Crippen molar-refractivity contribution in [1.82, 2.24) is 0 Å². The van der Waals surface area contributed by atoms with Crippen LogP contribution in [0.25, 0.3) is 6.08 Å². The first-order valence-electron chi connectivity index (χ1n) is 14.4. The number of anilines is 2. The number of nitrogens with two attached hydrogens (primary N) is 2. The van der Waals surface area contributed by atoms with Crippen molar-refractivity contribution in [2.45, 2.75) is 38.0 Å². The van der Waals surface area contributed by atoms with Crippen LogP contribution in [0.2, 0.25) is 0 Å². The number of aryl methyl sites for hydroxylation is 1. The van der Waals surface area contributed by atoms with Crippen molar-refractivity contribution in [3.63, 3.8) is 0 Å². The van der Waals surface area contributed by atoms with Crippen LogP contribution in [0.5, 0.6) is 5.75 Å². The molecule has 46 heavy (non-hydrogen) atoms. The number of nitrogen functional groups attached to an aromatic ring is 2. The first kappa shape index (κ1) is 34.0. The molecule has 4 aromatic carbocycles. The fourth-order valence-corrected chi connectivity index (χ4v) is 4.74. The van der Waals surface area contributed by atoms with Gasteiger partial charge in [0.1, 0.15) is 5.75 Å². The molecule has 5 nitrogen and oxygen atoms in total. The van der Waals surface area contributed by atoms with E-state index in [2.05, 4.69) is 6.92 Å². The minimum Gasteiger partial charge on any atom is -0.462 e. The summed E-state index contributed by atoms with van der Waals surface area (Å²) in [5.41, 5.74) is 14.5. The smallest absolute Gasteiger partial charge is 0.426 e. The number of carbonyl (C=O) groups excluding carboxylic acids is 1. The molecule has 0 fully saturated rings. The van der Waals surface area contributed by atoms with Gasteiger partial charge in [0.25, 0.3) is 0 Å². The maximum Gasteiger partial charge on any atom is 0.426 e. The molecule has 0 spiro atoms. The normalized spacial score (nSPS) is 12.3. The van der Waals surface area contributed by atoms with E-state index < -0.39 is 35.7 Å². The Bertz CT molecular complexity index is 1550. The van der Waals surface area contributed by atoms with Crippen molar-refractivity contribution in [3.05, 3.63) is 138 Å². The molecule has 0 atom stereocenters. The summed E-state index contributed by atoms with van der Waals surface area (Å²) >= 11 is 0. The van der Waals surface area contributed by atoms with Crippen LogP contribution in [0.1, 0.15) is 34.2 Å². The van der Waals surface area contributed by atoms with E-state index in [1.54, 1.807) is 24.3 Å². The Labute approximate surface area is 264 Å². The molecule has 0 saturated carbocycles. The van der Waals surface area contributed by atoms with E-state index in [-0.39, 0.29) is 24.3 Å². The fourth-order valence-electron chi connectivity index (χ4n) is 4.74. The molecule has 1 radical (unpaired) electrons. The van der Waals surface area contributed by atoms with Crippen molar-refractivity contribution >= 4 is 23.4 Å². The third-order valence-corrected chi connectivity index (χ3v) is 7.16. The highest BCUT2D eigenvalue weighted by Crippen LogP contribution is 2.33. The molecule has 0 heterocycles. The first-order chi connectivity index (χ1) is 21.7. The molecule has 0 amide bonds. The van der Waals surface area contributed by atoms with Crippen LogP contribution in [-0.4, -0.2) is 18.8 Å². The summed E-state index contributed by atoms with van der Waals surface area (Å²) in [5, 5.41) is 0. The molecule has 4 N–H and O–H groups in total. The lowest BCUT2D eigenvalue weighted by atomic mass is 9.79. The highest BCUT2D eigenvalue weighted by molar-refractivity contribution is 5.87. The highest BCUT2D eigenvalue weighted by atomic mass is 19.4. The van der Waals surface area contributed by atoms with Crippen LogP contribution in [0.4, 0.5) is 33.3 Å². The van der Waals surface area contributed by atoms with Gasteiger partial charge in [-0.15, -0.1) is 0 Å². The Balaban J connectivity index is 1.34. The van der Waals surface area contributed by atoms with E-state index in [9.17, 15) is 26.7 Å². The average Bonchev–Trinajstić information content (AvgIpc) is 3.01. The Morgan fingerprint density at radius 2 is 1.22 bits per heavy atom. The van der Waals surface area contributed by atoms with E-state index in [4.69, 9.17) is 20.9 Å². The second kappa shape index (κ2) is 14.5. The maximum absolute atomic E-state index is 14.7. The zero-order valence-corrected chi connectivity index (χ0v) is 24.9. The van der Waals surface area contributed by atoms with E-state index in [1.807, 2.05) is 24.3 Å². The van der Waals surface area contributed by atoms with Crippen molar-refractivity contribution in [1.29, 1.82) is 0 Å². The van der Waals surface area contributed by atoms with Gasteiger partial charge < -0.3 is 20.9 Å². The summed E-state index contributed by atoms with van der Waals surface area (Å²) in [4.78, 5) is 12.6. The fraction of sp³-hybridized carbons (Fsp3) is 0.222. The second-order valence-electron chi connectivity index (χ2n) is 11.3. The molecule has 0 aliphatic heterocycles. The predicted octanol–water partition coefficient (Wildman–Crippen LogP) is 8.34. The van der Waals surface area contributed by atoms with Gasteiger partial charge in [0.2, 0.25) is 0 Å². The number of carbonyl (C=O) groups is 1. The van der Waals surface area contributed by atoms with Gasteiger partial charge in [-0.2, -0.15) is 22.0 Å². The number of alkyl halides is 5. The van der Waals surface area contributed by atoms with Crippen molar-refractivity contribution in [2.24, 2.45) is 5.41 Å². The number of hydrogen-bond donors (Lipinski definition) is 2. The summed E-state index contributed by atoms with van der Waals surface area (Å²) < 4.78 is 77.1. The minimum absolute atomic E-state index is 0.0239. The number of hydrogen-bond acceptors (Lipinski definition) is 5. The number of ether oxygens (including phenoxy) is 2. The van der Waals surface area contributed by atoms with E-state index in [1.165, 1.54) is 48.6 Å². The Morgan fingerprint density at radius 1 is 0.717 bits per heavy atom. The third-order valence-electron chi connectivity index (χ3n) is 7.16. The molecule has 241 valence electrons. The molecular weight excluding hydrogens is 603 g/mol. The summed E-state index contributed by atoms with van der Waals surface area (Å²) in [6, 6.07) is 25.0. The molecule has 10 heteroatoms. The summed E-state index contributed by atoms with van der Waals surface area (Å²) in [6.45, 7) is 4.42. The Kier molecular flexibility index (Phi) is 10.7. The number of rotatable bonds is 13. The Morgan fingerprint density at radius 3 is 1.72 bits per heavy atom. The van der Waals surface area contributed by atoms with Crippen molar-refractivity contribution in [2.75, 3.05) is 18.1 Å². The van der Waals surface area contributed by atoms with Gasteiger partial charge in [-0.3, -0.25) is 0 Å². The zero-order valence-electron chi connectivity index (χ0n) is 24.9. The van der Waals surface area contributed by atoms with E-state index >= 15 is 0 Å². The van der Waals surface area contributed by atoms with E-state index in [0.29, 0.717) is 29.8 Å². The molecule has 0 saturated heterocycles. The maximum atomic E-state index is 14.7. The first-order valence-corrected chi connectivity index (χ1v) is 14.4. The molecule has 4 aromatic rings. The van der Waals surface area contributed by atoms with Crippen molar-refractivity contribution in [3.8, 4) is 5.75 Å². The zero-order chi connectivity index (χ0) is 33.4. The second-order valence-corrected chi connectivity index (χ2v) is 11.3. The number of benzene rings is 4. The SMILES string of the molecule is [CH2]C(COC(=O)/C=C/c1ccc(OC(F)(F)c2ccc(CCC(F)(F)F)cc2)cc1)(Cc1ccc(N)cc1)Cc1ccc(N)cc1. The largest absolute Gasteiger partial charge is 0.462 e. The Hall–Kier alpha value is -4.86. The van der Waals surface area contributed by atoms with E-state index in [0.717, 1.165) is 23.3 Å². The van der Waals surface area contributed by atoms with Gasteiger partial charge in [0.15, 0.2) is 0 Å². The van der Waals surface area contributed by atoms with Gasteiger partial charge in [0.05, 0.1) is 12.2 Å². The third kappa shape index (κ3) is 10.6. The lowest BCUT2D eigenvalue weighted by molar-refractivity contribution is -0.185. The predicted molar refractivity (Wildman–Crippen MR) is 169 cm³/mol. The van der Waals surface area contributed by atoms with Crippen LogP contribution in [0.15, 0.2) is 103 Å². The van der Waals surface area contributed by atoms with Crippen LogP contribution < -0.4 is 16.2 Å². The molecule has 0 bridgehead atoms. The standard InChI is InChI=1S/C36H34F5N2O3/c1-34(22-27-4-13-30(42)14-5-27,23-28-6-15-31(43)16-7-28)24-45-33(44)19-10-25-8-17-32(18-9-25)46-36(40,41)29-11-2-26(3-12-29)20-21-35(37,38)39/h2-19H,1,20-24,42-43H2/b19-10+. The molecule has 4 rings (SSSR count). The molecule has 0 unspecified atom stereocenters. The molecule has 0 aliphatic rings. The van der Waals surface area contributed by atoms with Crippen LogP contribution >= 0.6 is 0 Å². The number of esters is 1.